The van der Waals surface area contributed by atoms with E-state index >= 15 is 0 Å². The summed E-state index contributed by atoms with van der Waals surface area (Å²) in [5, 5.41) is 14.5. The molecule has 2 N–H and O–H groups in total. The van der Waals surface area contributed by atoms with Gasteiger partial charge in [0.2, 0.25) is 0 Å². The molecule has 2 unspecified atom stereocenters. The van der Waals surface area contributed by atoms with Crippen LogP contribution in [0.2, 0.25) is 0 Å². The van der Waals surface area contributed by atoms with Gasteiger partial charge in [-0.1, -0.05) is 0 Å². The van der Waals surface area contributed by atoms with E-state index in [-0.39, 0.29) is 23.4 Å². The van der Waals surface area contributed by atoms with Crippen LogP contribution in [0, 0.1) is 5.82 Å². The van der Waals surface area contributed by atoms with E-state index in [9.17, 15) is 13.9 Å². The molecule has 1 aromatic carbocycles. The van der Waals surface area contributed by atoms with Crippen molar-refractivity contribution in [2.45, 2.75) is 43.6 Å². The Bertz CT molecular complexity index is 1060. The number of anilines is 1. The second-order valence-corrected chi connectivity index (χ2v) is 7.84. The molecule has 3 aromatic rings. The van der Waals surface area contributed by atoms with Gasteiger partial charge in [-0.05, 0) is 31.4 Å². The number of nitrogens with one attached hydrogen (secondary N) is 1. The molecule has 6 nitrogen and oxygen atoms in total. The summed E-state index contributed by atoms with van der Waals surface area (Å²) in [4.78, 5) is 14.6. The van der Waals surface area contributed by atoms with Crippen molar-refractivity contribution in [2.75, 3.05) is 11.9 Å². The number of rotatable bonds is 3. The molecule has 2 aliphatic rings. The largest absolute Gasteiger partial charge is 0.507 e. The molecule has 4 atom stereocenters. The molecule has 150 valence electrons. The maximum atomic E-state index is 14.8. The number of hydrogen-bond acceptors (Lipinski definition) is 6. The number of phenolic OH excluding ortho intramolecular Hbond substituents is 1. The summed E-state index contributed by atoms with van der Waals surface area (Å²) in [5.41, 5.74) is 0.583. The molecular formula is C21H21F2N5O. The molecule has 5 rings (SSSR count). The first-order valence-electron chi connectivity index (χ1n) is 9.73. The van der Waals surface area contributed by atoms with Crippen LogP contribution in [0.5, 0.6) is 5.75 Å². The van der Waals surface area contributed by atoms with E-state index in [1.165, 1.54) is 36.9 Å². The fourth-order valence-corrected chi connectivity index (χ4v) is 4.57. The second kappa shape index (κ2) is 6.88. The van der Waals surface area contributed by atoms with Crippen LogP contribution in [0.3, 0.4) is 0 Å². The van der Waals surface area contributed by atoms with Gasteiger partial charge in [0.15, 0.2) is 0 Å². The van der Waals surface area contributed by atoms with Crippen LogP contribution >= 0.6 is 0 Å². The predicted molar refractivity (Wildman–Crippen MR) is 106 cm³/mol. The van der Waals surface area contributed by atoms with Gasteiger partial charge in [-0.15, -0.1) is 0 Å². The van der Waals surface area contributed by atoms with Crippen LogP contribution in [0.1, 0.15) is 19.3 Å². The molecule has 0 amide bonds. The van der Waals surface area contributed by atoms with Gasteiger partial charge in [-0.2, -0.15) is 0 Å². The lowest BCUT2D eigenvalue weighted by Gasteiger charge is -2.38. The van der Waals surface area contributed by atoms with Crippen molar-refractivity contribution in [3.05, 3.63) is 42.7 Å². The monoisotopic (exact) mass is 397 g/mol. The molecule has 29 heavy (non-hydrogen) atoms. The highest BCUT2D eigenvalue weighted by molar-refractivity contribution is 5.94. The fourth-order valence-electron chi connectivity index (χ4n) is 4.57. The minimum absolute atomic E-state index is 0.0938. The van der Waals surface area contributed by atoms with Crippen molar-refractivity contribution in [3.8, 4) is 17.0 Å². The average Bonchev–Trinajstić information content (AvgIpc) is 3.16. The number of aromatic hydroxyl groups is 1. The van der Waals surface area contributed by atoms with E-state index in [1.54, 1.807) is 0 Å². The SMILES string of the molecule is CN(c1cnc(-c2cc(F)c3ccncc3c2O)cn1)[C@H]1CC2CCC(N2)[C@H]1F. The Balaban J connectivity index is 1.45. The van der Waals surface area contributed by atoms with Gasteiger partial charge in [-0.25, -0.2) is 13.8 Å². The normalized spacial score (nSPS) is 26.0. The summed E-state index contributed by atoms with van der Waals surface area (Å²) in [7, 11) is 1.82. The van der Waals surface area contributed by atoms with Gasteiger partial charge in [0.25, 0.3) is 0 Å². The molecule has 8 heteroatoms. The topological polar surface area (TPSA) is 74.2 Å². The summed E-state index contributed by atoms with van der Waals surface area (Å²) in [6, 6.07) is 2.74. The van der Waals surface area contributed by atoms with E-state index in [0.717, 1.165) is 19.3 Å². The third kappa shape index (κ3) is 2.98. The highest BCUT2D eigenvalue weighted by Gasteiger charge is 2.43. The Labute approximate surface area is 166 Å². The summed E-state index contributed by atoms with van der Waals surface area (Å²) in [6.45, 7) is 0. The first-order valence-corrected chi connectivity index (χ1v) is 9.73. The highest BCUT2D eigenvalue weighted by atomic mass is 19.1. The minimum Gasteiger partial charge on any atom is -0.507 e. The predicted octanol–water partition coefficient (Wildman–Crippen LogP) is 3.20. The zero-order chi connectivity index (χ0) is 20.1. The van der Waals surface area contributed by atoms with Gasteiger partial charge in [0, 0.05) is 47.9 Å². The van der Waals surface area contributed by atoms with E-state index in [2.05, 4.69) is 20.3 Å². The molecule has 0 saturated carbocycles. The van der Waals surface area contributed by atoms with Crippen LogP contribution in [0.4, 0.5) is 14.6 Å². The number of phenols is 1. The Kier molecular flexibility index (Phi) is 4.31. The standard InChI is InChI=1S/C21H21F2N5O/c1-28(18-6-11-2-3-16(27-11)20(18)23)19-10-25-17(9-26-19)13-7-15(22)12-4-5-24-8-14(12)21(13)29/h4-5,7-11,16,18,20,27,29H,2-3,6H2,1H3/t11?,16?,18-,20+/m0/s1. The molecule has 2 bridgehead atoms. The third-order valence-electron chi connectivity index (χ3n) is 6.19. The molecule has 2 saturated heterocycles. The molecular weight excluding hydrogens is 376 g/mol. The first-order chi connectivity index (χ1) is 14.0. The second-order valence-electron chi connectivity index (χ2n) is 7.84. The third-order valence-corrected chi connectivity index (χ3v) is 6.19. The summed E-state index contributed by atoms with van der Waals surface area (Å²) >= 11 is 0. The van der Waals surface area contributed by atoms with E-state index < -0.39 is 12.0 Å². The molecule has 0 aliphatic carbocycles. The van der Waals surface area contributed by atoms with Gasteiger partial charge in [0.05, 0.1) is 24.1 Å². The van der Waals surface area contributed by atoms with Crippen LogP contribution in [-0.4, -0.2) is 51.4 Å². The Morgan fingerprint density at radius 1 is 1.17 bits per heavy atom. The Hall–Kier alpha value is -2.87. The number of aromatic nitrogens is 3. The van der Waals surface area contributed by atoms with E-state index in [4.69, 9.17) is 0 Å². The van der Waals surface area contributed by atoms with E-state index in [1.807, 2.05) is 11.9 Å². The number of hydrogen-bond donors (Lipinski definition) is 2. The van der Waals surface area contributed by atoms with E-state index in [0.29, 0.717) is 28.3 Å². The van der Waals surface area contributed by atoms with Gasteiger partial charge in [0.1, 0.15) is 23.6 Å². The number of benzene rings is 1. The van der Waals surface area contributed by atoms with Crippen molar-refractivity contribution < 1.29 is 13.9 Å². The van der Waals surface area contributed by atoms with Crippen LogP contribution in [0.15, 0.2) is 36.9 Å². The zero-order valence-corrected chi connectivity index (χ0v) is 15.9. The van der Waals surface area contributed by atoms with Crippen LogP contribution in [0.25, 0.3) is 22.0 Å². The number of halogens is 2. The van der Waals surface area contributed by atoms with Gasteiger partial charge >= 0.3 is 0 Å². The Morgan fingerprint density at radius 3 is 2.83 bits per heavy atom. The maximum absolute atomic E-state index is 14.8. The van der Waals surface area contributed by atoms with Crippen molar-refractivity contribution in [1.29, 1.82) is 0 Å². The van der Waals surface area contributed by atoms with Gasteiger partial charge in [-0.3, -0.25) is 9.97 Å². The van der Waals surface area contributed by atoms with Crippen molar-refractivity contribution >= 4 is 16.6 Å². The molecule has 2 aromatic heterocycles. The number of nitrogens with zero attached hydrogens (tertiary/aromatic N) is 4. The maximum Gasteiger partial charge on any atom is 0.147 e. The smallest absolute Gasteiger partial charge is 0.147 e. The number of pyridine rings is 1. The van der Waals surface area contributed by atoms with Crippen LogP contribution in [-0.2, 0) is 0 Å². The summed E-state index contributed by atoms with van der Waals surface area (Å²) in [6.07, 6.45) is 7.53. The fraction of sp³-hybridized carbons (Fsp3) is 0.381. The van der Waals surface area contributed by atoms with Crippen molar-refractivity contribution in [2.24, 2.45) is 0 Å². The lowest BCUT2D eigenvalue weighted by molar-refractivity contribution is 0.176. The lowest BCUT2D eigenvalue weighted by Crippen LogP contribution is -2.55. The first kappa shape index (κ1) is 18.2. The molecule has 2 aliphatic heterocycles. The number of alkyl halides is 1. The highest BCUT2D eigenvalue weighted by Crippen LogP contribution is 2.37. The number of fused-ring (bicyclic) bond motifs is 3. The molecule has 0 spiro atoms. The average molecular weight is 397 g/mol. The zero-order valence-electron chi connectivity index (χ0n) is 15.9. The molecule has 2 fully saturated rings. The van der Waals surface area contributed by atoms with Crippen molar-refractivity contribution in [1.82, 2.24) is 20.3 Å². The number of piperidine rings is 1. The summed E-state index contributed by atoms with van der Waals surface area (Å²) < 4.78 is 29.3. The minimum atomic E-state index is -0.966. The van der Waals surface area contributed by atoms with Crippen molar-refractivity contribution in [3.63, 3.8) is 0 Å². The lowest BCUT2D eigenvalue weighted by atomic mass is 9.96. The summed E-state index contributed by atoms with van der Waals surface area (Å²) in [5.74, 6) is -0.0163. The molecule has 4 heterocycles. The van der Waals surface area contributed by atoms with Gasteiger partial charge < -0.3 is 15.3 Å². The van der Waals surface area contributed by atoms with Crippen LogP contribution < -0.4 is 10.2 Å². The quantitative estimate of drug-likeness (QED) is 0.707. The molecule has 0 radical (unpaired) electrons. The Morgan fingerprint density at radius 2 is 2.03 bits per heavy atom.